The number of esters is 1. The monoisotopic (exact) mass is 391 g/mol. The molecule has 0 spiro atoms. The first-order valence-electron chi connectivity index (χ1n) is 8.86. The van der Waals surface area contributed by atoms with Gasteiger partial charge in [-0.1, -0.05) is 25.5 Å². The summed E-state index contributed by atoms with van der Waals surface area (Å²) >= 11 is 0. The molecule has 27 heavy (non-hydrogen) atoms. The molecule has 1 N–H and O–H groups in total. The summed E-state index contributed by atoms with van der Waals surface area (Å²) < 4.78 is 37.5. The average Bonchev–Trinajstić information content (AvgIpc) is 2.68. The number of sulfonamides is 1. The topological polar surface area (TPSA) is 81.7 Å². The number of hydrogen-bond acceptors (Lipinski definition) is 5. The fourth-order valence-electron chi connectivity index (χ4n) is 2.39. The normalized spacial score (nSPS) is 11.2. The van der Waals surface area contributed by atoms with Gasteiger partial charge in [-0.2, -0.15) is 0 Å². The zero-order valence-electron chi connectivity index (χ0n) is 15.6. The molecule has 0 fully saturated rings. The maximum atomic E-state index is 12.4. The van der Waals surface area contributed by atoms with Crippen LogP contribution in [0.5, 0.6) is 5.75 Å². The van der Waals surface area contributed by atoms with Gasteiger partial charge >= 0.3 is 5.97 Å². The lowest BCUT2D eigenvalue weighted by Gasteiger charge is -2.09. The van der Waals surface area contributed by atoms with Gasteiger partial charge in [0.1, 0.15) is 5.75 Å². The van der Waals surface area contributed by atoms with Gasteiger partial charge in [0.05, 0.1) is 24.2 Å². The summed E-state index contributed by atoms with van der Waals surface area (Å²) in [6.07, 6.45) is 2.52. The molecular weight excluding hydrogens is 366 g/mol. The summed E-state index contributed by atoms with van der Waals surface area (Å²) in [5.74, 6) is 0.262. The van der Waals surface area contributed by atoms with Gasteiger partial charge < -0.3 is 9.47 Å². The summed E-state index contributed by atoms with van der Waals surface area (Å²) in [5, 5.41) is 0. The number of methoxy groups -OCH3 is 1. The number of ether oxygens (including phenoxy) is 2. The largest absolute Gasteiger partial charge is 0.494 e. The van der Waals surface area contributed by atoms with Crippen molar-refractivity contribution < 1.29 is 22.7 Å². The minimum atomic E-state index is -3.58. The number of unbranched alkanes of at least 4 members (excludes halogenated alkanes) is 1. The van der Waals surface area contributed by atoms with Crippen LogP contribution in [-0.4, -0.2) is 34.6 Å². The minimum Gasteiger partial charge on any atom is -0.494 e. The van der Waals surface area contributed by atoms with E-state index in [0.717, 1.165) is 18.4 Å². The Morgan fingerprint density at radius 3 is 2.30 bits per heavy atom. The SMILES string of the molecule is CCCCOc1ccc(S(=O)(=O)NCCc2ccc(C(=O)OC)cc2)cc1. The van der Waals surface area contributed by atoms with E-state index in [1.807, 2.05) is 0 Å². The molecule has 0 atom stereocenters. The van der Waals surface area contributed by atoms with E-state index in [9.17, 15) is 13.2 Å². The summed E-state index contributed by atoms with van der Waals surface area (Å²) in [4.78, 5) is 11.6. The number of nitrogens with one attached hydrogen (secondary N) is 1. The minimum absolute atomic E-state index is 0.200. The van der Waals surface area contributed by atoms with Crippen molar-refractivity contribution in [3.8, 4) is 5.75 Å². The van der Waals surface area contributed by atoms with Gasteiger partial charge in [-0.05, 0) is 54.8 Å². The van der Waals surface area contributed by atoms with Crippen molar-refractivity contribution >= 4 is 16.0 Å². The molecule has 0 saturated carbocycles. The molecule has 0 bridgehead atoms. The fourth-order valence-corrected chi connectivity index (χ4v) is 3.42. The zero-order chi connectivity index (χ0) is 19.7. The van der Waals surface area contributed by atoms with Crippen molar-refractivity contribution in [2.45, 2.75) is 31.1 Å². The van der Waals surface area contributed by atoms with E-state index >= 15 is 0 Å². The second kappa shape index (κ2) is 10.1. The van der Waals surface area contributed by atoms with Gasteiger partial charge in [0.25, 0.3) is 0 Å². The van der Waals surface area contributed by atoms with Crippen LogP contribution < -0.4 is 9.46 Å². The number of benzene rings is 2. The van der Waals surface area contributed by atoms with Crippen molar-refractivity contribution in [3.63, 3.8) is 0 Å². The molecule has 0 aliphatic rings. The highest BCUT2D eigenvalue weighted by atomic mass is 32.2. The first kappa shape index (κ1) is 20.9. The molecule has 6 nitrogen and oxygen atoms in total. The summed E-state index contributed by atoms with van der Waals surface area (Å²) in [5.41, 5.74) is 1.38. The summed E-state index contributed by atoms with van der Waals surface area (Å²) in [6, 6.07) is 13.3. The molecule has 7 heteroatoms. The Bertz CT molecular complexity index is 830. The molecule has 0 aliphatic carbocycles. The Hall–Kier alpha value is -2.38. The lowest BCUT2D eigenvalue weighted by molar-refractivity contribution is 0.0600. The fraction of sp³-hybridized carbons (Fsp3) is 0.350. The Labute approximate surface area is 160 Å². The molecule has 146 valence electrons. The van der Waals surface area contributed by atoms with E-state index in [2.05, 4.69) is 16.4 Å². The third-order valence-electron chi connectivity index (χ3n) is 3.98. The molecule has 0 unspecified atom stereocenters. The second-order valence-corrected chi connectivity index (χ2v) is 7.78. The third kappa shape index (κ3) is 6.37. The van der Waals surface area contributed by atoms with Crippen molar-refractivity contribution in [3.05, 3.63) is 59.7 Å². The van der Waals surface area contributed by atoms with Crippen molar-refractivity contribution in [1.29, 1.82) is 0 Å². The van der Waals surface area contributed by atoms with Crippen LogP contribution in [0.3, 0.4) is 0 Å². The van der Waals surface area contributed by atoms with E-state index < -0.39 is 16.0 Å². The first-order valence-corrected chi connectivity index (χ1v) is 10.3. The van der Waals surface area contributed by atoms with E-state index in [1.54, 1.807) is 36.4 Å². The van der Waals surface area contributed by atoms with Crippen LogP contribution in [0.2, 0.25) is 0 Å². The van der Waals surface area contributed by atoms with Crippen LogP contribution in [0.1, 0.15) is 35.7 Å². The molecule has 0 heterocycles. The molecule has 2 rings (SSSR count). The number of carbonyl (C=O) groups is 1. The molecule has 0 amide bonds. The molecule has 0 aliphatic heterocycles. The van der Waals surface area contributed by atoms with E-state index in [-0.39, 0.29) is 11.4 Å². The van der Waals surface area contributed by atoms with Gasteiger partial charge in [0.2, 0.25) is 10.0 Å². The van der Waals surface area contributed by atoms with Crippen molar-refractivity contribution in [2.75, 3.05) is 20.3 Å². The van der Waals surface area contributed by atoms with E-state index in [0.29, 0.717) is 24.3 Å². The highest BCUT2D eigenvalue weighted by Crippen LogP contribution is 2.16. The Morgan fingerprint density at radius 2 is 1.70 bits per heavy atom. The lowest BCUT2D eigenvalue weighted by Crippen LogP contribution is -2.26. The smallest absolute Gasteiger partial charge is 0.337 e. The maximum Gasteiger partial charge on any atom is 0.337 e. The van der Waals surface area contributed by atoms with Crippen LogP contribution in [-0.2, 0) is 21.2 Å². The van der Waals surface area contributed by atoms with Crippen molar-refractivity contribution in [1.82, 2.24) is 4.72 Å². The predicted molar refractivity (Wildman–Crippen MR) is 104 cm³/mol. The van der Waals surface area contributed by atoms with Gasteiger partial charge in [0, 0.05) is 6.54 Å². The van der Waals surface area contributed by atoms with Gasteiger partial charge in [0.15, 0.2) is 0 Å². The lowest BCUT2D eigenvalue weighted by atomic mass is 10.1. The van der Waals surface area contributed by atoms with Crippen LogP contribution in [0.15, 0.2) is 53.4 Å². The van der Waals surface area contributed by atoms with Gasteiger partial charge in [-0.25, -0.2) is 17.9 Å². The van der Waals surface area contributed by atoms with Crippen LogP contribution in [0.25, 0.3) is 0 Å². The molecule has 0 radical (unpaired) electrons. The zero-order valence-corrected chi connectivity index (χ0v) is 16.4. The summed E-state index contributed by atoms with van der Waals surface area (Å²) in [6.45, 7) is 2.96. The molecule has 2 aromatic carbocycles. The Kier molecular flexibility index (Phi) is 7.82. The maximum absolute atomic E-state index is 12.4. The molecular formula is C20H25NO5S. The van der Waals surface area contributed by atoms with Gasteiger partial charge in [-0.15, -0.1) is 0 Å². The standard InChI is InChI=1S/C20H25NO5S/c1-3-4-15-26-18-9-11-19(12-10-18)27(23,24)21-14-13-16-5-7-17(8-6-16)20(22)25-2/h5-12,21H,3-4,13-15H2,1-2H3. The van der Waals surface area contributed by atoms with Crippen molar-refractivity contribution in [2.24, 2.45) is 0 Å². The highest BCUT2D eigenvalue weighted by Gasteiger charge is 2.13. The second-order valence-electron chi connectivity index (χ2n) is 6.01. The predicted octanol–water partition coefficient (Wildman–Crippen LogP) is 3.17. The number of hydrogen-bond donors (Lipinski definition) is 1. The average molecular weight is 391 g/mol. The van der Waals surface area contributed by atoms with Crippen LogP contribution in [0, 0.1) is 0 Å². The number of carbonyl (C=O) groups excluding carboxylic acids is 1. The van der Waals surface area contributed by atoms with Crippen LogP contribution >= 0.6 is 0 Å². The van der Waals surface area contributed by atoms with Crippen LogP contribution in [0.4, 0.5) is 0 Å². The highest BCUT2D eigenvalue weighted by molar-refractivity contribution is 7.89. The van der Waals surface area contributed by atoms with E-state index in [4.69, 9.17) is 4.74 Å². The number of rotatable bonds is 10. The Morgan fingerprint density at radius 1 is 1.04 bits per heavy atom. The Balaban J connectivity index is 1.88. The molecule has 2 aromatic rings. The van der Waals surface area contributed by atoms with Gasteiger partial charge in [-0.3, -0.25) is 0 Å². The quantitative estimate of drug-likeness (QED) is 0.497. The molecule has 0 saturated heterocycles. The third-order valence-corrected chi connectivity index (χ3v) is 5.46. The molecule has 0 aromatic heterocycles. The summed E-state index contributed by atoms with van der Waals surface area (Å²) in [7, 11) is -2.25. The van der Waals surface area contributed by atoms with E-state index in [1.165, 1.54) is 19.2 Å². The first-order chi connectivity index (χ1) is 13.0.